The normalized spacial score (nSPS) is 16.8. The van der Waals surface area contributed by atoms with E-state index in [1.807, 2.05) is 11.4 Å². The zero-order chi connectivity index (χ0) is 12.5. The highest BCUT2D eigenvalue weighted by atomic mass is 35.5. The molecular weight excluding hydrogens is 264 g/mol. The molecule has 0 radical (unpaired) electrons. The molecule has 1 aromatic carbocycles. The lowest BCUT2D eigenvalue weighted by Crippen LogP contribution is -2.28. The van der Waals surface area contributed by atoms with Crippen molar-refractivity contribution >= 4 is 22.9 Å². The topological polar surface area (TPSA) is 29.3 Å². The van der Waals surface area contributed by atoms with Crippen molar-refractivity contribution in [3.8, 4) is 0 Å². The number of halogens is 1. The van der Waals surface area contributed by atoms with Crippen LogP contribution < -0.4 is 5.73 Å². The number of fused-ring (bicyclic) bond motifs is 1. The molecule has 3 rings (SSSR count). The summed E-state index contributed by atoms with van der Waals surface area (Å²) in [6, 6.07) is 10.9. The van der Waals surface area contributed by atoms with E-state index in [0.717, 1.165) is 18.1 Å². The lowest BCUT2D eigenvalue weighted by molar-refractivity contribution is 0.208. The highest BCUT2D eigenvalue weighted by Gasteiger charge is 2.26. The minimum absolute atomic E-state index is 0.273. The first-order valence-electron chi connectivity index (χ1n) is 6.03. The standard InChI is InChI=1S/C14H15ClN2S/c15-12-5-14(18-9-12)13(6-16)17-7-10-3-1-2-4-11(10)8-17/h1-5,9,13H,6-8,16H2. The fourth-order valence-corrected chi connectivity index (χ4v) is 3.76. The molecule has 1 aliphatic rings. The van der Waals surface area contributed by atoms with E-state index in [4.69, 9.17) is 17.3 Å². The van der Waals surface area contributed by atoms with E-state index in [1.165, 1.54) is 16.0 Å². The number of benzene rings is 1. The van der Waals surface area contributed by atoms with Crippen LogP contribution in [0.5, 0.6) is 0 Å². The minimum Gasteiger partial charge on any atom is -0.329 e. The number of nitrogens with two attached hydrogens (primary N) is 1. The molecule has 0 saturated heterocycles. The van der Waals surface area contributed by atoms with Crippen molar-refractivity contribution in [2.45, 2.75) is 19.1 Å². The molecule has 0 saturated carbocycles. The quantitative estimate of drug-likeness (QED) is 0.932. The van der Waals surface area contributed by atoms with Gasteiger partial charge in [-0.1, -0.05) is 35.9 Å². The van der Waals surface area contributed by atoms with E-state index in [0.29, 0.717) is 6.54 Å². The smallest absolute Gasteiger partial charge is 0.0571 e. The van der Waals surface area contributed by atoms with Crippen molar-refractivity contribution in [3.63, 3.8) is 0 Å². The highest BCUT2D eigenvalue weighted by molar-refractivity contribution is 7.10. The lowest BCUT2D eigenvalue weighted by Gasteiger charge is -2.25. The molecule has 4 heteroatoms. The summed E-state index contributed by atoms with van der Waals surface area (Å²) in [6.45, 7) is 2.59. The number of rotatable bonds is 3. The summed E-state index contributed by atoms with van der Waals surface area (Å²) in [6.07, 6.45) is 0. The molecule has 2 aromatic rings. The van der Waals surface area contributed by atoms with Crippen molar-refractivity contribution in [2.24, 2.45) is 5.73 Å². The van der Waals surface area contributed by atoms with Gasteiger partial charge < -0.3 is 5.73 Å². The predicted molar refractivity (Wildman–Crippen MR) is 76.8 cm³/mol. The zero-order valence-corrected chi connectivity index (χ0v) is 11.5. The van der Waals surface area contributed by atoms with Crippen molar-refractivity contribution < 1.29 is 0 Å². The van der Waals surface area contributed by atoms with Gasteiger partial charge in [-0.25, -0.2) is 0 Å². The van der Waals surface area contributed by atoms with Crippen LogP contribution in [-0.4, -0.2) is 11.4 Å². The molecule has 94 valence electrons. The maximum atomic E-state index is 6.01. The third kappa shape index (κ3) is 2.19. The van der Waals surface area contributed by atoms with E-state index < -0.39 is 0 Å². The van der Waals surface area contributed by atoms with Crippen molar-refractivity contribution in [3.05, 3.63) is 56.7 Å². The van der Waals surface area contributed by atoms with Gasteiger partial charge in [-0.15, -0.1) is 11.3 Å². The second-order valence-corrected chi connectivity index (χ2v) is 5.97. The van der Waals surface area contributed by atoms with E-state index in [9.17, 15) is 0 Å². The Morgan fingerprint density at radius 2 is 1.94 bits per heavy atom. The first-order valence-corrected chi connectivity index (χ1v) is 7.28. The Morgan fingerprint density at radius 1 is 1.28 bits per heavy atom. The predicted octanol–water partition coefficient (Wildman–Crippen LogP) is 3.42. The average molecular weight is 279 g/mol. The van der Waals surface area contributed by atoms with E-state index in [-0.39, 0.29) is 6.04 Å². The Kier molecular flexibility index (Phi) is 3.39. The van der Waals surface area contributed by atoms with Crippen molar-refractivity contribution in [1.29, 1.82) is 0 Å². The summed E-state index contributed by atoms with van der Waals surface area (Å²) in [5.74, 6) is 0. The lowest BCUT2D eigenvalue weighted by atomic mass is 10.1. The Balaban J connectivity index is 1.83. The molecule has 18 heavy (non-hydrogen) atoms. The molecule has 2 N–H and O–H groups in total. The minimum atomic E-state index is 0.273. The van der Waals surface area contributed by atoms with Crippen LogP contribution in [0, 0.1) is 0 Å². The van der Waals surface area contributed by atoms with Crippen LogP contribution in [0.4, 0.5) is 0 Å². The Bertz CT molecular complexity index is 527. The van der Waals surface area contributed by atoms with Crippen LogP contribution in [0.1, 0.15) is 22.0 Å². The van der Waals surface area contributed by atoms with Gasteiger partial charge in [0.05, 0.1) is 11.1 Å². The van der Waals surface area contributed by atoms with E-state index in [1.54, 1.807) is 11.3 Å². The van der Waals surface area contributed by atoms with Crippen molar-refractivity contribution in [1.82, 2.24) is 4.90 Å². The molecule has 0 amide bonds. The molecule has 1 aromatic heterocycles. The summed E-state index contributed by atoms with van der Waals surface area (Å²) in [5.41, 5.74) is 8.78. The van der Waals surface area contributed by atoms with E-state index >= 15 is 0 Å². The number of nitrogens with zero attached hydrogens (tertiary/aromatic N) is 1. The summed E-state index contributed by atoms with van der Waals surface area (Å²) >= 11 is 7.70. The second kappa shape index (κ2) is 5.02. The first-order chi connectivity index (χ1) is 8.78. The molecule has 1 aliphatic heterocycles. The molecule has 0 bridgehead atoms. The molecule has 2 nitrogen and oxygen atoms in total. The van der Waals surface area contributed by atoms with Gasteiger partial charge >= 0.3 is 0 Å². The average Bonchev–Trinajstić information content (AvgIpc) is 2.96. The van der Waals surface area contributed by atoms with Gasteiger partial charge in [0, 0.05) is 29.9 Å². The monoisotopic (exact) mass is 278 g/mol. The highest BCUT2D eigenvalue weighted by Crippen LogP contribution is 2.34. The Hall–Kier alpha value is -0.870. The molecule has 1 unspecified atom stereocenters. The maximum absolute atomic E-state index is 6.01. The first kappa shape index (κ1) is 12.2. The summed E-state index contributed by atoms with van der Waals surface area (Å²) in [4.78, 5) is 3.68. The third-order valence-electron chi connectivity index (χ3n) is 3.45. The van der Waals surface area contributed by atoms with Gasteiger partial charge in [-0.3, -0.25) is 4.90 Å². The van der Waals surface area contributed by atoms with Crippen LogP contribution in [0.15, 0.2) is 35.7 Å². The van der Waals surface area contributed by atoms with Crippen LogP contribution >= 0.6 is 22.9 Å². The maximum Gasteiger partial charge on any atom is 0.0571 e. The summed E-state index contributed by atoms with van der Waals surface area (Å²) in [7, 11) is 0. The molecule has 0 fully saturated rings. The third-order valence-corrected chi connectivity index (χ3v) is 4.83. The van der Waals surface area contributed by atoms with Crippen LogP contribution in [-0.2, 0) is 13.1 Å². The number of hydrogen-bond acceptors (Lipinski definition) is 3. The number of hydrogen-bond donors (Lipinski definition) is 1. The van der Waals surface area contributed by atoms with Crippen molar-refractivity contribution in [2.75, 3.05) is 6.54 Å². The summed E-state index contributed by atoms with van der Waals surface area (Å²) < 4.78 is 0. The van der Waals surface area contributed by atoms with Crippen LogP contribution in [0.3, 0.4) is 0 Å². The molecule has 1 atom stereocenters. The fraction of sp³-hybridized carbons (Fsp3) is 0.286. The summed E-state index contributed by atoms with van der Waals surface area (Å²) in [5, 5.41) is 2.79. The molecule has 0 aliphatic carbocycles. The molecule has 2 heterocycles. The van der Waals surface area contributed by atoms with Gasteiger partial charge in [0.1, 0.15) is 0 Å². The van der Waals surface area contributed by atoms with Gasteiger partial charge in [0.2, 0.25) is 0 Å². The largest absolute Gasteiger partial charge is 0.329 e. The Labute approximate surface area is 116 Å². The molecule has 0 spiro atoms. The van der Waals surface area contributed by atoms with Gasteiger partial charge in [-0.2, -0.15) is 0 Å². The fourth-order valence-electron chi connectivity index (χ4n) is 2.53. The van der Waals surface area contributed by atoms with E-state index in [2.05, 4.69) is 29.2 Å². The Morgan fingerprint density at radius 3 is 2.44 bits per heavy atom. The zero-order valence-electron chi connectivity index (χ0n) is 9.97. The van der Waals surface area contributed by atoms with Gasteiger partial charge in [0.15, 0.2) is 0 Å². The second-order valence-electron chi connectivity index (χ2n) is 4.59. The van der Waals surface area contributed by atoms with Gasteiger partial charge in [-0.05, 0) is 17.2 Å². The van der Waals surface area contributed by atoms with Gasteiger partial charge in [0.25, 0.3) is 0 Å². The van der Waals surface area contributed by atoms with Crippen LogP contribution in [0.25, 0.3) is 0 Å². The number of thiophene rings is 1. The SMILES string of the molecule is NCC(c1cc(Cl)cs1)N1Cc2ccccc2C1. The molecular formula is C14H15ClN2S. The van der Waals surface area contributed by atoms with Crippen LogP contribution in [0.2, 0.25) is 5.02 Å².